The second-order valence-corrected chi connectivity index (χ2v) is 7.27. The van der Waals surface area contributed by atoms with Gasteiger partial charge in [0.1, 0.15) is 5.75 Å². The zero-order chi connectivity index (χ0) is 18.2. The van der Waals surface area contributed by atoms with Crippen LogP contribution >= 0.6 is 0 Å². The number of aromatic nitrogens is 2. The van der Waals surface area contributed by atoms with Crippen LogP contribution in [0, 0.1) is 0 Å². The van der Waals surface area contributed by atoms with E-state index in [1.165, 1.54) is 50.3 Å². The summed E-state index contributed by atoms with van der Waals surface area (Å²) in [4.78, 5) is 9.15. The van der Waals surface area contributed by atoms with Gasteiger partial charge in [-0.1, -0.05) is 19.1 Å². The highest BCUT2D eigenvalue weighted by molar-refractivity contribution is 5.37. The lowest BCUT2D eigenvalue weighted by Gasteiger charge is -2.32. The molecule has 5 heteroatoms. The maximum Gasteiger partial charge on any atom is 0.124 e. The number of hydrogen-bond donors (Lipinski definition) is 0. The first-order valence-electron chi connectivity index (χ1n) is 9.86. The van der Waals surface area contributed by atoms with Crippen molar-refractivity contribution in [1.82, 2.24) is 19.4 Å². The van der Waals surface area contributed by atoms with Gasteiger partial charge in [-0.3, -0.25) is 0 Å². The molecule has 1 saturated heterocycles. The third kappa shape index (κ3) is 5.58. The minimum Gasteiger partial charge on any atom is -0.493 e. The quantitative estimate of drug-likeness (QED) is 0.692. The number of ether oxygens (including phenoxy) is 1. The average Bonchev–Trinajstić information content (AvgIpc) is 3.16. The van der Waals surface area contributed by atoms with Crippen molar-refractivity contribution in [2.24, 2.45) is 0 Å². The number of likely N-dealkylation sites (N-methyl/N-ethyl adjacent to an activating group) is 1. The summed E-state index contributed by atoms with van der Waals surface area (Å²) in [6.07, 6.45) is 9.05. The SMILES string of the molecule is CCCOc1ccc(CCCN2CCN(C)CC2)cc1Cn1ccnc1. The van der Waals surface area contributed by atoms with Crippen LogP contribution in [0.25, 0.3) is 0 Å². The first kappa shape index (κ1) is 18.9. The highest BCUT2D eigenvalue weighted by atomic mass is 16.5. The Hall–Kier alpha value is -1.85. The molecule has 0 aliphatic carbocycles. The molecule has 1 fully saturated rings. The zero-order valence-corrected chi connectivity index (χ0v) is 16.2. The number of imidazole rings is 1. The van der Waals surface area contributed by atoms with E-state index in [0.29, 0.717) is 0 Å². The van der Waals surface area contributed by atoms with Crippen molar-refractivity contribution in [2.45, 2.75) is 32.7 Å². The van der Waals surface area contributed by atoms with E-state index >= 15 is 0 Å². The molecule has 1 aliphatic rings. The van der Waals surface area contributed by atoms with Crippen molar-refractivity contribution in [3.05, 3.63) is 48.0 Å². The smallest absolute Gasteiger partial charge is 0.124 e. The number of hydrogen-bond acceptors (Lipinski definition) is 4. The largest absolute Gasteiger partial charge is 0.493 e. The lowest BCUT2D eigenvalue weighted by Crippen LogP contribution is -2.44. The number of aryl methyl sites for hydroxylation is 1. The molecule has 1 aliphatic heterocycles. The Kier molecular flexibility index (Phi) is 7.09. The number of piperazine rings is 1. The van der Waals surface area contributed by atoms with E-state index in [-0.39, 0.29) is 0 Å². The maximum absolute atomic E-state index is 5.95. The molecule has 0 saturated carbocycles. The normalized spacial score (nSPS) is 16.1. The molecule has 0 radical (unpaired) electrons. The summed E-state index contributed by atoms with van der Waals surface area (Å²) in [6.45, 7) is 9.70. The number of rotatable bonds is 9. The third-order valence-electron chi connectivity index (χ3n) is 5.03. The van der Waals surface area contributed by atoms with E-state index in [2.05, 4.69) is 51.5 Å². The summed E-state index contributed by atoms with van der Waals surface area (Å²) in [5.41, 5.74) is 2.65. The second-order valence-electron chi connectivity index (χ2n) is 7.27. The lowest BCUT2D eigenvalue weighted by atomic mass is 10.0. The van der Waals surface area contributed by atoms with Gasteiger partial charge in [-0.25, -0.2) is 4.98 Å². The monoisotopic (exact) mass is 356 g/mol. The highest BCUT2D eigenvalue weighted by Crippen LogP contribution is 2.22. The molecule has 142 valence electrons. The molecular weight excluding hydrogens is 324 g/mol. The maximum atomic E-state index is 5.95. The minimum absolute atomic E-state index is 0.764. The molecule has 0 N–H and O–H groups in total. The summed E-state index contributed by atoms with van der Waals surface area (Å²) >= 11 is 0. The Morgan fingerprint density at radius 1 is 1.15 bits per heavy atom. The third-order valence-corrected chi connectivity index (χ3v) is 5.03. The molecule has 5 nitrogen and oxygen atoms in total. The van der Waals surface area contributed by atoms with Gasteiger partial charge in [0.25, 0.3) is 0 Å². The van der Waals surface area contributed by atoms with Crippen molar-refractivity contribution >= 4 is 0 Å². The van der Waals surface area contributed by atoms with Gasteiger partial charge in [-0.05, 0) is 44.5 Å². The van der Waals surface area contributed by atoms with Crippen LogP contribution in [-0.2, 0) is 13.0 Å². The van der Waals surface area contributed by atoms with E-state index < -0.39 is 0 Å². The van der Waals surface area contributed by atoms with Gasteiger partial charge in [-0.15, -0.1) is 0 Å². The first-order valence-corrected chi connectivity index (χ1v) is 9.86. The van der Waals surface area contributed by atoms with Crippen LogP contribution in [0.5, 0.6) is 5.75 Å². The Labute approximate surface area is 157 Å². The summed E-state index contributed by atoms with van der Waals surface area (Å²) in [6, 6.07) is 6.69. The lowest BCUT2D eigenvalue weighted by molar-refractivity contribution is 0.153. The fourth-order valence-corrected chi connectivity index (χ4v) is 3.42. The Bertz CT molecular complexity index is 648. The van der Waals surface area contributed by atoms with E-state index in [0.717, 1.165) is 31.7 Å². The van der Waals surface area contributed by atoms with Crippen LogP contribution < -0.4 is 4.74 Å². The molecular formula is C21H32N4O. The van der Waals surface area contributed by atoms with Crippen molar-refractivity contribution in [3.8, 4) is 5.75 Å². The summed E-state index contributed by atoms with van der Waals surface area (Å²) in [7, 11) is 2.21. The summed E-state index contributed by atoms with van der Waals surface area (Å²) < 4.78 is 8.05. The molecule has 0 unspecified atom stereocenters. The van der Waals surface area contributed by atoms with Gasteiger partial charge in [0, 0.05) is 44.1 Å². The van der Waals surface area contributed by atoms with Crippen LogP contribution in [0.3, 0.4) is 0 Å². The van der Waals surface area contributed by atoms with Crippen molar-refractivity contribution < 1.29 is 4.74 Å². The summed E-state index contributed by atoms with van der Waals surface area (Å²) in [5.74, 6) is 1.00. The molecule has 0 bridgehead atoms. The predicted octanol–water partition coefficient (Wildman–Crippen LogP) is 2.90. The molecule has 1 aromatic carbocycles. The fourth-order valence-electron chi connectivity index (χ4n) is 3.42. The van der Waals surface area contributed by atoms with Crippen LogP contribution in [0.4, 0.5) is 0 Å². The van der Waals surface area contributed by atoms with Gasteiger partial charge >= 0.3 is 0 Å². The zero-order valence-electron chi connectivity index (χ0n) is 16.2. The van der Waals surface area contributed by atoms with Gasteiger partial charge in [0.15, 0.2) is 0 Å². The molecule has 1 aromatic heterocycles. The highest BCUT2D eigenvalue weighted by Gasteiger charge is 2.13. The topological polar surface area (TPSA) is 33.5 Å². The second kappa shape index (κ2) is 9.74. The number of benzene rings is 1. The Morgan fingerprint density at radius 3 is 2.73 bits per heavy atom. The Balaban J connectivity index is 1.58. The molecule has 0 spiro atoms. The van der Waals surface area contributed by atoms with Crippen molar-refractivity contribution in [1.29, 1.82) is 0 Å². The first-order chi connectivity index (χ1) is 12.7. The molecule has 3 rings (SSSR count). The van der Waals surface area contributed by atoms with Gasteiger partial charge in [-0.2, -0.15) is 0 Å². The van der Waals surface area contributed by atoms with Gasteiger partial charge in [0.2, 0.25) is 0 Å². The molecule has 26 heavy (non-hydrogen) atoms. The van der Waals surface area contributed by atoms with Gasteiger partial charge < -0.3 is 19.1 Å². The minimum atomic E-state index is 0.764. The number of nitrogens with zero attached hydrogens (tertiary/aromatic N) is 4. The Morgan fingerprint density at radius 2 is 2.00 bits per heavy atom. The summed E-state index contributed by atoms with van der Waals surface area (Å²) in [5, 5.41) is 0. The average molecular weight is 357 g/mol. The standard InChI is InChI=1S/C21H32N4O/c1-3-15-26-21-7-6-19(16-20(21)17-25-10-8-22-18-25)5-4-9-24-13-11-23(2)12-14-24/h6-8,10,16,18H,3-5,9,11-15,17H2,1-2H3. The molecule has 2 aromatic rings. The predicted molar refractivity (Wildman–Crippen MR) is 106 cm³/mol. The molecule has 2 heterocycles. The van der Waals surface area contributed by atoms with E-state index in [9.17, 15) is 0 Å². The molecule has 0 atom stereocenters. The molecule has 0 amide bonds. The van der Waals surface area contributed by atoms with E-state index in [1.807, 2.05) is 18.7 Å². The van der Waals surface area contributed by atoms with Crippen LogP contribution in [-0.4, -0.2) is 65.7 Å². The van der Waals surface area contributed by atoms with Crippen LogP contribution in [0.2, 0.25) is 0 Å². The fraction of sp³-hybridized carbons (Fsp3) is 0.571. The van der Waals surface area contributed by atoms with Crippen LogP contribution in [0.1, 0.15) is 30.9 Å². The van der Waals surface area contributed by atoms with E-state index in [1.54, 1.807) is 0 Å². The van der Waals surface area contributed by atoms with Crippen LogP contribution in [0.15, 0.2) is 36.9 Å². The van der Waals surface area contributed by atoms with Crippen molar-refractivity contribution in [2.75, 3.05) is 46.4 Å². The van der Waals surface area contributed by atoms with Crippen molar-refractivity contribution in [3.63, 3.8) is 0 Å². The van der Waals surface area contributed by atoms with Gasteiger partial charge in [0.05, 0.1) is 19.5 Å². The van der Waals surface area contributed by atoms with E-state index in [4.69, 9.17) is 4.74 Å².